The predicted molar refractivity (Wildman–Crippen MR) is 118 cm³/mol. The molecule has 0 N–H and O–H groups in total. The van der Waals surface area contributed by atoms with Gasteiger partial charge in [-0.05, 0) is 24.6 Å². The molecular weight excluding hydrogens is 398 g/mol. The van der Waals surface area contributed by atoms with Crippen molar-refractivity contribution in [3.63, 3.8) is 0 Å². The maximum Gasteiger partial charge on any atom is 0.163 e. The number of aryl methyl sites for hydroxylation is 1. The van der Waals surface area contributed by atoms with Crippen LogP contribution in [0.4, 0.5) is 0 Å². The van der Waals surface area contributed by atoms with Gasteiger partial charge in [0.2, 0.25) is 0 Å². The largest absolute Gasteiger partial charge is 0.487 e. The van der Waals surface area contributed by atoms with Gasteiger partial charge in [0, 0.05) is 16.8 Å². The van der Waals surface area contributed by atoms with Crippen molar-refractivity contribution in [2.24, 2.45) is 0 Å². The van der Waals surface area contributed by atoms with Crippen LogP contribution in [0.1, 0.15) is 5.56 Å². The lowest BCUT2D eigenvalue weighted by molar-refractivity contribution is -0.00840. The molecule has 2 aromatic carbocycles. The molecule has 31 heavy (non-hydrogen) atoms. The summed E-state index contributed by atoms with van der Waals surface area (Å²) < 4.78 is 34.2. The van der Waals surface area contributed by atoms with Crippen LogP contribution in [0, 0.1) is 6.92 Å². The van der Waals surface area contributed by atoms with E-state index in [1.807, 2.05) is 30.3 Å². The molecule has 0 fully saturated rings. The highest BCUT2D eigenvalue weighted by Gasteiger charge is 2.13. The molecule has 1 aliphatic rings. The van der Waals surface area contributed by atoms with E-state index < -0.39 is 0 Å². The average Bonchev–Trinajstić information content (AvgIpc) is 2.79. The average molecular weight is 427 g/mol. The topological polar surface area (TPSA) is 68.3 Å². The van der Waals surface area contributed by atoms with Crippen LogP contribution in [0.2, 0.25) is 0 Å². The molecule has 0 spiro atoms. The van der Waals surface area contributed by atoms with Crippen molar-refractivity contribution in [2.45, 2.75) is 6.92 Å². The van der Waals surface area contributed by atoms with Crippen LogP contribution < -0.4 is 9.47 Å². The summed E-state index contributed by atoms with van der Waals surface area (Å²) in [5, 5.41) is 2.18. The number of hydrogen-bond donors (Lipinski definition) is 0. The smallest absolute Gasteiger partial charge is 0.163 e. The summed E-state index contributed by atoms with van der Waals surface area (Å²) in [5.41, 5.74) is 3.01. The molecule has 0 aliphatic carbocycles. The summed E-state index contributed by atoms with van der Waals surface area (Å²) in [7, 11) is 0. The van der Waals surface area contributed by atoms with Crippen molar-refractivity contribution in [3.8, 4) is 11.5 Å². The number of nitrogens with zero attached hydrogens (tertiary/aromatic N) is 1. The van der Waals surface area contributed by atoms with Gasteiger partial charge in [-0.1, -0.05) is 18.2 Å². The molecule has 0 radical (unpaired) electrons. The molecule has 166 valence electrons. The van der Waals surface area contributed by atoms with Crippen molar-refractivity contribution >= 4 is 21.8 Å². The van der Waals surface area contributed by atoms with Crippen LogP contribution in [0.3, 0.4) is 0 Å². The second kappa shape index (κ2) is 11.2. The highest BCUT2D eigenvalue weighted by atomic mass is 16.6. The van der Waals surface area contributed by atoms with E-state index in [4.69, 9.17) is 33.4 Å². The zero-order chi connectivity index (χ0) is 21.3. The van der Waals surface area contributed by atoms with E-state index >= 15 is 0 Å². The van der Waals surface area contributed by atoms with E-state index in [2.05, 4.69) is 13.0 Å². The number of pyridine rings is 1. The second-order valence-electron chi connectivity index (χ2n) is 7.22. The molecule has 4 rings (SSSR count). The fourth-order valence-electron chi connectivity index (χ4n) is 3.51. The predicted octanol–water partition coefficient (Wildman–Crippen LogP) is 3.53. The Labute approximate surface area is 182 Å². The van der Waals surface area contributed by atoms with Crippen LogP contribution in [0.15, 0.2) is 36.4 Å². The van der Waals surface area contributed by atoms with E-state index in [1.54, 1.807) is 0 Å². The minimum atomic E-state index is 0.411. The standard InChI is InChI=1S/C24H29NO6/c1-18-19-4-2-3-5-21(19)25-22-17-24-23(16-20(18)22)30-14-12-28-10-8-26-6-7-27-9-11-29-13-15-31-24/h2-5,16-17H,6-15H2,1H3. The number of hydrogen-bond acceptors (Lipinski definition) is 7. The molecule has 0 saturated carbocycles. The molecular formula is C24H29NO6. The molecule has 3 aromatic rings. The number of para-hydroxylation sites is 1. The first-order chi connectivity index (χ1) is 15.3. The minimum Gasteiger partial charge on any atom is -0.487 e. The lowest BCUT2D eigenvalue weighted by Gasteiger charge is -2.16. The van der Waals surface area contributed by atoms with Gasteiger partial charge in [0.15, 0.2) is 11.5 Å². The fourth-order valence-corrected chi connectivity index (χ4v) is 3.51. The first kappa shape index (κ1) is 21.8. The Balaban J connectivity index is 1.56. The first-order valence-corrected chi connectivity index (χ1v) is 10.7. The Morgan fingerprint density at radius 3 is 1.71 bits per heavy atom. The third kappa shape index (κ3) is 5.83. The van der Waals surface area contributed by atoms with E-state index in [0.717, 1.165) is 21.8 Å². The van der Waals surface area contributed by atoms with Gasteiger partial charge in [-0.15, -0.1) is 0 Å². The Hall–Kier alpha value is -2.45. The van der Waals surface area contributed by atoms with Gasteiger partial charge in [-0.2, -0.15) is 0 Å². The SMILES string of the molecule is Cc1c2ccccc2nc2cc3c(cc12)OCCOCCOCCOCCOCCO3. The quantitative estimate of drug-likeness (QED) is 0.509. The summed E-state index contributed by atoms with van der Waals surface area (Å²) in [4.78, 5) is 4.82. The first-order valence-electron chi connectivity index (χ1n) is 10.7. The van der Waals surface area contributed by atoms with Crippen LogP contribution in [-0.2, 0) is 18.9 Å². The molecule has 0 saturated heterocycles. The third-order valence-electron chi connectivity index (χ3n) is 5.10. The monoisotopic (exact) mass is 427 g/mol. The van der Waals surface area contributed by atoms with Crippen LogP contribution >= 0.6 is 0 Å². The summed E-state index contributed by atoms with van der Waals surface area (Å²) in [6, 6.07) is 12.1. The van der Waals surface area contributed by atoms with Crippen molar-refractivity contribution < 1.29 is 28.4 Å². The zero-order valence-electron chi connectivity index (χ0n) is 17.9. The van der Waals surface area contributed by atoms with Crippen molar-refractivity contribution in [1.29, 1.82) is 0 Å². The maximum atomic E-state index is 6.03. The van der Waals surface area contributed by atoms with Crippen LogP contribution in [-0.4, -0.2) is 71.1 Å². The molecule has 1 aliphatic heterocycles. The van der Waals surface area contributed by atoms with Crippen molar-refractivity contribution in [1.82, 2.24) is 4.98 Å². The minimum absolute atomic E-state index is 0.411. The fraction of sp³-hybridized carbons (Fsp3) is 0.458. The van der Waals surface area contributed by atoms with E-state index in [1.165, 1.54) is 5.56 Å². The molecule has 1 aromatic heterocycles. The van der Waals surface area contributed by atoms with Crippen LogP contribution in [0.5, 0.6) is 11.5 Å². The van der Waals surface area contributed by atoms with Gasteiger partial charge in [0.05, 0.1) is 63.9 Å². The normalized spacial score (nSPS) is 17.8. The zero-order valence-corrected chi connectivity index (χ0v) is 17.9. The lowest BCUT2D eigenvalue weighted by Crippen LogP contribution is -2.16. The summed E-state index contributed by atoms with van der Waals surface area (Å²) >= 11 is 0. The number of fused-ring (bicyclic) bond motifs is 3. The van der Waals surface area contributed by atoms with Crippen LogP contribution in [0.25, 0.3) is 21.8 Å². The Morgan fingerprint density at radius 2 is 1.10 bits per heavy atom. The molecule has 0 atom stereocenters. The molecule has 2 heterocycles. The maximum absolute atomic E-state index is 6.03. The second-order valence-corrected chi connectivity index (χ2v) is 7.22. The highest BCUT2D eigenvalue weighted by molar-refractivity contribution is 5.98. The molecule has 7 heteroatoms. The third-order valence-corrected chi connectivity index (χ3v) is 5.10. The molecule has 0 amide bonds. The Bertz CT molecular complexity index is 993. The van der Waals surface area contributed by atoms with Crippen molar-refractivity contribution in [2.75, 3.05) is 66.1 Å². The van der Waals surface area contributed by atoms with Gasteiger partial charge < -0.3 is 28.4 Å². The number of aromatic nitrogens is 1. The molecule has 7 nitrogen and oxygen atoms in total. The van der Waals surface area contributed by atoms with E-state index in [0.29, 0.717) is 77.6 Å². The Morgan fingerprint density at radius 1 is 0.581 bits per heavy atom. The van der Waals surface area contributed by atoms with Crippen molar-refractivity contribution in [3.05, 3.63) is 42.0 Å². The lowest BCUT2D eigenvalue weighted by atomic mass is 10.0. The van der Waals surface area contributed by atoms with E-state index in [9.17, 15) is 0 Å². The molecule has 0 bridgehead atoms. The summed E-state index contributed by atoms with van der Waals surface area (Å²) in [6.45, 7) is 7.05. The van der Waals surface area contributed by atoms with Gasteiger partial charge in [-0.3, -0.25) is 0 Å². The summed E-state index contributed by atoms with van der Waals surface area (Å²) in [5.74, 6) is 1.33. The molecule has 0 unspecified atom stereocenters. The summed E-state index contributed by atoms with van der Waals surface area (Å²) in [6.07, 6.45) is 0. The van der Waals surface area contributed by atoms with Gasteiger partial charge in [0.1, 0.15) is 13.2 Å². The number of ether oxygens (including phenoxy) is 6. The number of benzene rings is 2. The van der Waals surface area contributed by atoms with E-state index in [-0.39, 0.29) is 0 Å². The Kier molecular flexibility index (Phi) is 7.90. The van der Waals surface area contributed by atoms with Gasteiger partial charge in [-0.25, -0.2) is 4.98 Å². The highest BCUT2D eigenvalue weighted by Crippen LogP contribution is 2.35. The number of rotatable bonds is 0. The van der Waals surface area contributed by atoms with Gasteiger partial charge in [0.25, 0.3) is 0 Å². The van der Waals surface area contributed by atoms with Gasteiger partial charge >= 0.3 is 0 Å².